The summed E-state index contributed by atoms with van der Waals surface area (Å²) < 4.78 is 0. The number of rotatable bonds is 3. The molecule has 1 unspecified atom stereocenters. The lowest BCUT2D eigenvalue weighted by atomic mass is 10.3. The molecular weight excluding hydrogens is 190 g/mol. The van der Waals surface area contributed by atoms with E-state index in [0.29, 0.717) is 18.5 Å². The van der Waals surface area contributed by atoms with Crippen LogP contribution in [0.3, 0.4) is 0 Å². The van der Waals surface area contributed by atoms with E-state index in [1.807, 2.05) is 11.9 Å². The second-order valence-electron chi connectivity index (χ2n) is 4.60. The van der Waals surface area contributed by atoms with Gasteiger partial charge in [-0.05, 0) is 26.3 Å². The zero-order valence-electron chi connectivity index (χ0n) is 9.54. The van der Waals surface area contributed by atoms with Gasteiger partial charge in [-0.3, -0.25) is 9.69 Å². The van der Waals surface area contributed by atoms with Crippen molar-refractivity contribution in [1.29, 1.82) is 0 Å². The van der Waals surface area contributed by atoms with Crippen LogP contribution in [0, 0.1) is 0 Å². The van der Waals surface area contributed by atoms with Crippen LogP contribution in [0.4, 0.5) is 0 Å². The second-order valence-corrected chi connectivity index (χ2v) is 4.60. The molecule has 0 bridgehead atoms. The van der Waals surface area contributed by atoms with Gasteiger partial charge in [0, 0.05) is 32.2 Å². The number of hydrogen-bond donors (Lipinski definition) is 1. The number of likely N-dealkylation sites (N-methyl/N-ethyl adjacent to an activating group) is 1. The average Bonchev–Trinajstić information content (AvgIpc) is 2.87. The molecule has 86 valence electrons. The standard InChI is InChI=1S/C11H21N3O/c1-12-10-4-7-13(8-10)9-11(15)14-5-2-3-6-14/h10,12H,2-9H2,1H3. The quantitative estimate of drug-likeness (QED) is 0.708. The number of nitrogens with zero attached hydrogens (tertiary/aromatic N) is 2. The Bertz CT molecular complexity index is 226. The number of amides is 1. The summed E-state index contributed by atoms with van der Waals surface area (Å²) in [5.41, 5.74) is 0. The first-order valence-electron chi connectivity index (χ1n) is 5.97. The summed E-state index contributed by atoms with van der Waals surface area (Å²) in [7, 11) is 2.00. The van der Waals surface area contributed by atoms with E-state index in [4.69, 9.17) is 0 Å². The molecule has 4 heteroatoms. The van der Waals surface area contributed by atoms with Gasteiger partial charge in [0.05, 0.1) is 6.54 Å². The highest BCUT2D eigenvalue weighted by molar-refractivity contribution is 5.78. The smallest absolute Gasteiger partial charge is 0.236 e. The molecule has 0 aromatic rings. The molecule has 0 radical (unpaired) electrons. The minimum Gasteiger partial charge on any atom is -0.342 e. The van der Waals surface area contributed by atoms with Gasteiger partial charge in [0.25, 0.3) is 0 Å². The number of nitrogens with one attached hydrogen (secondary N) is 1. The lowest BCUT2D eigenvalue weighted by Gasteiger charge is -2.20. The van der Waals surface area contributed by atoms with E-state index in [-0.39, 0.29) is 0 Å². The summed E-state index contributed by atoms with van der Waals surface area (Å²) >= 11 is 0. The Hall–Kier alpha value is -0.610. The van der Waals surface area contributed by atoms with E-state index in [0.717, 1.165) is 26.2 Å². The molecule has 1 N–H and O–H groups in total. The van der Waals surface area contributed by atoms with E-state index in [9.17, 15) is 4.79 Å². The molecular formula is C11H21N3O. The molecule has 2 aliphatic rings. The Balaban J connectivity index is 1.74. The van der Waals surface area contributed by atoms with Gasteiger partial charge in [0.2, 0.25) is 5.91 Å². The normalized spacial score (nSPS) is 27.5. The van der Waals surface area contributed by atoms with Crippen molar-refractivity contribution in [3.8, 4) is 0 Å². The number of likely N-dealkylation sites (tertiary alicyclic amines) is 2. The fraction of sp³-hybridized carbons (Fsp3) is 0.909. The maximum atomic E-state index is 11.9. The fourth-order valence-corrected chi connectivity index (χ4v) is 2.47. The van der Waals surface area contributed by atoms with E-state index < -0.39 is 0 Å². The highest BCUT2D eigenvalue weighted by atomic mass is 16.2. The van der Waals surface area contributed by atoms with Crippen molar-refractivity contribution >= 4 is 5.91 Å². The van der Waals surface area contributed by atoms with Crippen molar-refractivity contribution in [1.82, 2.24) is 15.1 Å². The Morgan fingerprint density at radius 2 is 2.07 bits per heavy atom. The second kappa shape index (κ2) is 4.94. The van der Waals surface area contributed by atoms with Gasteiger partial charge in [0.1, 0.15) is 0 Å². The van der Waals surface area contributed by atoms with Crippen LogP contribution in [0.15, 0.2) is 0 Å². The third kappa shape index (κ3) is 2.69. The molecule has 2 heterocycles. The van der Waals surface area contributed by atoms with Gasteiger partial charge < -0.3 is 10.2 Å². The van der Waals surface area contributed by atoms with Crippen LogP contribution >= 0.6 is 0 Å². The summed E-state index contributed by atoms with van der Waals surface area (Å²) in [6.45, 7) is 4.66. The van der Waals surface area contributed by atoms with Crippen molar-refractivity contribution in [2.45, 2.75) is 25.3 Å². The maximum Gasteiger partial charge on any atom is 0.236 e. The van der Waals surface area contributed by atoms with Crippen molar-refractivity contribution in [2.24, 2.45) is 0 Å². The van der Waals surface area contributed by atoms with Crippen LogP contribution in [0.25, 0.3) is 0 Å². The van der Waals surface area contributed by atoms with Crippen LogP contribution in [0.2, 0.25) is 0 Å². The number of carbonyl (C=O) groups excluding carboxylic acids is 1. The van der Waals surface area contributed by atoms with Gasteiger partial charge >= 0.3 is 0 Å². The molecule has 0 aliphatic carbocycles. The monoisotopic (exact) mass is 211 g/mol. The van der Waals surface area contributed by atoms with Gasteiger partial charge in [-0.15, -0.1) is 0 Å². The molecule has 15 heavy (non-hydrogen) atoms. The number of carbonyl (C=O) groups is 1. The molecule has 2 aliphatic heterocycles. The zero-order valence-corrected chi connectivity index (χ0v) is 9.54. The first-order valence-corrected chi connectivity index (χ1v) is 5.97. The molecule has 0 spiro atoms. The molecule has 2 fully saturated rings. The molecule has 1 atom stereocenters. The summed E-state index contributed by atoms with van der Waals surface area (Å²) in [5, 5.41) is 3.27. The zero-order chi connectivity index (χ0) is 10.7. The highest BCUT2D eigenvalue weighted by Crippen LogP contribution is 2.11. The van der Waals surface area contributed by atoms with Crippen LogP contribution < -0.4 is 5.32 Å². The van der Waals surface area contributed by atoms with Gasteiger partial charge in [-0.1, -0.05) is 0 Å². The van der Waals surface area contributed by atoms with Crippen molar-refractivity contribution in [3.63, 3.8) is 0 Å². The van der Waals surface area contributed by atoms with Crippen molar-refractivity contribution in [3.05, 3.63) is 0 Å². The van der Waals surface area contributed by atoms with Crippen molar-refractivity contribution in [2.75, 3.05) is 39.8 Å². The van der Waals surface area contributed by atoms with Crippen LogP contribution in [0.5, 0.6) is 0 Å². The molecule has 0 saturated carbocycles. The maximum absolute atomic E-state index is 11.9. The third-order valence-corrected chi connectivity index (χ3v) is 3.50. The first-order chi connectivity index (χ1) is 7.29. The summed E-state index contributed by atoms with van der Waals surface area (Å²) in [6.07, 6.45) is 3.54. The highest BCUT2D eigenvalue weighted by Gasteiger charge is 2.25. The minimum atomic E-state index is 0.323. The minimum absolute atomic E-state index is 0.323. The predicted molar refractivity (Wildman–Crippen MR) is 59.7 cm³/mol. The van der Waals surface area contributed by atoms with Gasteiger partial charge in [-0.25, -0.2) is 0 Å². The Morgan fingerprint density at radius 3 is 2.67 bits per heavy atom. The Morgan fingerprint density at radius 1 is 1.33 bits per heavy atom. The predicted octanol–water partition coefficient (Wildman–Crippen LogP) is -0.0975. The molecule has 1 amide bonds. The number of hydrogen-bond acceptors (Lipinski definition) is 3. The summed E-state index contributed by atoms with van der Waals surface area (Å²) in [6, 6.07) is 0.580. The first kappa shape index (κ1) is 10.9. The van der Waals surface area contributed by atoms with E-state index in [1.165, 1.54) is 19.3 Å². The van der Waals surface area contributed by atoms with Gasteiger partial charge in [0.15, 0.2) is 0 Å². The Labute approximate surface area is 91.6 Å². The third-order valence-electron chi connectivity index (χ3n) is 3.50. The Kier molecular flexibility index (Phi) is 3.59. The van der Waals surface area contributed by atoms with Crippen LogP contribution in [-0.2, 0) is 4.79 Å². The SMILES string of the molecule is CNC1CCN(CC(=O)N2CCCC2)C1. The summed E-state index contributed by atoms with van der Waals surface area (Å²) in [5.74, 6) is 0.323. The van der Waals surface area contributed by atoms with Crippen LogP contribution in [-0.4, -0.2) is 61.5 Å². The van der Waals surface area contributed by atoms with E-state index >= 15 is 0 Å². The topological polar surface area (TPSA) is 35.6 Å². The van der Waals surface area contributed by atoms with Crippen molar-refractivity contribution < 1.29 is 4.79 Å². The molecule has 2 saturated heterocycles. The lowest BCUT2D eigenvalue weighted by Crippen LogP contribution is -2.39. The molecule has 0 aromatic heterocycles. The average molecular weight is 211 g/mol. The van der Waals surface area contributed by atoms with Crippen LogP contribution in [0.1, 0.15) is 19.3 Å². The molecule has 2 rings (SSSR count). The van der Waals surface area contributed by atoms with E-state index in [1.54, 1.807) is 0 Å². The largest absolute Gasteiger partial charge is 0.342 e. The van der Waals surface area contributed by atoms with Gasteiger partial charge in [-0.2, -0.15) is 0 Å². The lowest BCUT2D eigenvalue weighted by molar-refractivity contribution is -0.131. The fourth-order valence-electron chi connectivity index (χ4n) is 2.47. The van der Waals surface area contributed by atoms with E-state index in [2.05, 4.69) is 10.2 Å². The molecule has 0 aromatic carbocycles. The summed E-state index contributed by atoms with van der Waals surface area (Å²) in [4.78, 5) is 16.1. The molecule has 4 nitrogen and oxygen atoms in total.